The molecule has 27 heteroatoms. The van der Waals surface area contributed by atoms with Gasteiger partial charge in [0.2, 0.25) is 0 Å². The molecular weight excluding hydrogens is 792 g/mol. The van der Waals surface area contributed by atoms with E-state index in [9.17, 15) is 91.6 Å². The van der Waals surface area contributed by atoms with Crippen LogP contribution in [0.5, 0.6) is 0 Å². The summed E-state index contributed by atoms with van der Waals surface area (Å²) >= 11 is 0. The lowest BCUT2D eigenvalue weighted by Crippen LogP contribution is -2.67. The summed E-state index contributed by atoms with van der Waals surface area (Å²) in [5.41, 5.74) is 0. The van der Waals surface area contributed by atoms with Crippen LogP contribution in [0.25, 0.3) is 0 Å². The SMILES string of the molecule is O=C(O)[C@H](O)[C@@H](O)[C@H](O[C@@H]1O[C@H](CO)[C@@H](O[C@@H]2O[C@H](CO)[C@@H](O[C@@H]3O[C@H](CO)[C@@H](O[C@@H]4O[C@H](CO)[C@@H](O)[C@H](O)[C@H]4O)[C@H](O)[C@H]3O)[C@H](O)[C@H]2O)[C@H](O)[C@H]1O)[C@H](O)CO. The van der Waals surface area contributed by atoms with Gasteiger partial charge >= 0.3 is 5.97 Å². The third-order valence-corrected chi connectivity index (χ3v) is 9.95. The summed E-state index contributed by atoms with van der Waals surface area (Å²) in [6.45, 7) is -5.00. The van der Waals surface area contributed by atoms with Crippen molar-refractivity contribution in [3.63, 3.8) is 0 Å². The number of aliphatic carboxylic acids is 1. The molecule has 27 nitrogen and oxygen atoms in total. The standard InChI is InChI=1S/C30H52O27/c31-1-6(36)22(13(39)17(43)26(48)49)54-28-19(45)14(40)24(8(3-33)51-28)56-30-21(47)16(42)25(10(5-35)53-30)57-29-20(46)15(41)23(9(4-34)52-29)55-27-18(44)12(38)11(37)7(2-32)50-27/h6-25,27-47H,1-5H2,(H,48,49)/t6-,7-,8-,9-,10-,11-,12+,13-,14-,15-,16-,17-,18-,19-,20-,21-,22-,23-,24-,25-,27+,28+,29+,30+/m1/s1. The molecule has 0 saturated carbocycles. The Bertz CT molecular complexity index is 1230. The van der Waals surface area contributed by atoms with Gasteiger partial charge in [-0.3, -0.25) is 0 Å². The van der Waals surface area contributed by atoms with Crippen LogP contribution in [0.2, 0.25) is 0 Å². The average Bonchev–Trinajstić information content (AvgIpc) is 3.20. The molecule has 0 aromatic heterocycles. The van der Waals surface area contributed by atoms with Gasteiger partial charge in [0.25, 0.3) is 0 Å². The summed E-state index contributed by atoms with van der Waals surface area (Å²) in [7, 11) is 0. The smallest absolute Gasteiger partial charge is 0.335 e. The van der Waals surface area contributed by atoms with Crippen molar-refractivity contribution in [3.05, 3.63) is 0 Å². The fraction of sp³-hybridized carbons (Fsp3) is 0.967. The van der Waals surface area contributed by atoms with E-state index in [0.717, 1.165) is 0 Å². The lowest BCUT2D eigenvalue weighted by atomic mass is 9.95. The Hall–Kier alpha value is -1.53. The van der Waals surface area contributed by atoms with Gasteiger partial charge < -0.3 is 130 Å². The van der Waals surface area contributed by atoms with Gasteiger partial charge in [0.15, 0.2) is 31.3 Å². The second-order valence-corrected chi connectivity index (χ2v) is 13.7. The van der Waals surface area contributed by atoms with Crippen molar-refractivity contribution in [1.82, 2.24) is 0 Å². The lowest BCUT2D eigenvalue weighted by Gasteiger charge is -2.49. The number of ether oxygens (including phenoxy) is 8. The first kappa shape index (κ1) is 48.1. The van der Waals surface area contributed by atoms with E-state index in [1.165, 1.54) is 0 Å². The number of hydrogen-bond acceptors (Lipinski definition) is 26. The zero-order valence-corrected chi connectivity index (χ0v) is 29.6. The van der Waals surface area contributed by atoms with E-state index in [1.807, 2.05) is 0 Å². The van der Waals surface area contributed by atoms with Gasteiger partial charge in [-0.25, -0.2) is 4.79 Å². The Morgan fingerprint density at radius 2 is 0.807 bits per heavy atom. The van der Waals surface area contributed by atoms with Crippen molar-refractivity contribution in [1.29, 1.82) is 0 Å². The minimum Gasteiger partial charge on any atom is -0.479 e. The Morgan fingerprint density at radius 3 is 1.16 bits per heavy atom. The first-order chi connectivity index (χ1) is 26.9. The fourth-order valence-corrected chi connectivity index (χ4v) is 6.63. The third kappa shape index (κ3) is 10.3. The van der Waals surface area contributed by atoms with Crippen molar-refractivity contribution < 1.29 is 135 Å². The second kappa shape index (κ2) is 20.8. The monoisotopic (exact) mass is 844 g/mol. The van der Waals surface area contributed by atoms with Gasteiger partial charge in [0, 0.05) is 0 Å². The second-order valence-electron chi connectivity index (χ2n) is 13.7. The van der Waals surface area contributed by atoms with Crippen LogP contribution in [-0.4, -0.2) is 278 Å². The van der Waals surface area contributed by atoms with Crippen LogP contribution in [-0.2, 0) is 42.7 Å². The largest absolute Gasteiger partial charge is 0.479 e. The number of aliphatic hydroxyl groups excluding tert-OH is 17. The lowest BCUT2D eigenvalue weighted by molar-refractivity contribution is -0.390. The number of carbonyl (C=O) groups is 1. The van der Waals surface area contributed by atoms with Crippen molar-refractivity contribution in [3.8, 4) is 0 Å². The highest BCUT2D eigenvalue weighted by Gasteiger charge is 2.55. The first-order valence-corrected chi connectivity index (χ1v) is 17.5. The number of rotatable bonds is 17. The molecule has 4 heterocycles. The average molecular weight is 845 g/mol. The minimum atomic E-state index is -2.57. The molecule has 0 aliphatic carbocycles. The van der Waals surface area contributed by atoms with Crippen molar-refractivity contribution in [2.75, 3.05) is 33.0 Å². The molecule has 4 fully saturated rings. The zero-order chi connectivity index (χ0) is 42.6. The van der Waals surface area contributed by atoms with Gasteiger partial charge in [0.05, 0.1) is 33.0 Å². The van der Waals surface area contributed by atoms with Gasteiger partial charge in [-0.1, -0.05) is 0 Å². The molecule has 0 amide bonds. The van der Waals surface area contributed by atoms with Crippen LogP contribution in [0.4, 0.5) is 0 Å². The minimum absolute atomic E-state index is 0.825. The normalized spacial score (nSPS) is 46.5. The Kier molecular flexibility index (Phi) is 17.6. The molecule has 0 unspecified atom stereocenters. The summed E-state index contributed by atoms with van der Waals surface area (Å²) < 4.78 is 43.5. The maximum Gasteiger partial charge on any atom is 0.335 e. The molecule has 57 heavy (non-hydrogen) atoms. The number of aliphatic hydroxyl groups is 17. The molecule has 4 aliphatic heterocycles. The third-order valence-electron chi connectivity index (χ3n) is 9.95. The molecule has 4 aliphatic rings. The summed E-state index contributed by atoms with van der Waals surface area (Å²) in [4.78, 5) is 11.2. The highest BCUT2D eigenvalue weighted by atomic mass is 16.8. The van der Waals surface area contributed by atoms with Gasteiger partial charge in [-0.2, -0.15) is 0 Å². The van der Waals surface area contributed by atoms with E-state index >= 15 is 0 Å². The zero-order valence-electron chi connectivity index (χ0n) is 29.6. The van der Waals surface area contributed by atoms with Crippen LogP contribution < -0.4 is 0 Å². The molecule has 0 aromatic rings. The van der Waals surface area contributed by atoms with Crippen LogP contribution >= 0.6 is 0 Å². The van der Waals surface area contributed by atoms with Crippen molar-refractivity contribution in [2.24, 2.45) is 0 Å². The van der Waals surface area contributed by atoms with E-state index in [1.54, 1.807) is 0 Å². The van der Waals surface area contributed by atoms with E-state index in [-0.39, 0.29) is 0 Å². The maximum absolute atomic E-state index is 11.2. The van der Waals surface area contributed by atoms with E-state index < -0.39 is 186 Å². The van der Waals surface area contributed by atoms with Crippen LogP contribution in [0.1, 0.15) is 0 Å². The van der Waals surface area contributed by atoms with Gasteiger partial charge in [-0.05, 0) is 0 Å². The molecule has 0 radical (unpaired) electrons. The van der Waals surface area contributed by atoms with E-state index in [4.69, 9.17) is 43.0 Å². The highest BCUT2D eigenvalue weighted by molar-refractivity contribution is 5.72. The summed E-state index contributed by atoms with van der Waals surface area (Å²) in [5.74, 6) is -1.96. The fourth-order valence-electron chi connectivity index (χ4n) is 6.63. The number of hydrogen-bond donors (Lipinski definition) is 18. The molecular formula is C30H52O27. The molecule has 18 N–H and O–H groups in total. The Balaban J connectivity index is 1.43. The Morgan fingerprint density at radius 1 is 0.474 bits per heavy atom. The summed E-state index contributed by atoms with van der Waals surface area (Å²) in [5, 5.41) is 184. The number of carboxylic acid groups (broad SMARTS) is 1. The van der Waals surface area contributed by atoms with E-state index in [2.05, 4.69) is 0 Å². The maximum atomic E-state index is 11.2. The molecule has 0 bridgehead atoms. The van der Waals surface area contributed by atoms with Crippen LogP contribution in [0.3, 0.4) is 0 Å². The van der Waals surface area contributed by atoms with Crippen LogP contribution in [0, 0.1) is 0 Å². The molecule has 4 saturated heterocycles. The first-order valence-electron chi connectivity index (χ1n) is 17.5. The molecule has 24 atom stereocenters. The summed E-state index contributed by atoms with van der Waals surface area (Å²) in [6, 6.07) is 0. The predicted molar refractivity (Wildman–Crippen MR) is 169 cm³/mol. The number of carboxylic acids is 1. The molecule has 334 valence electrons. The van der Waals surface area contributed by atoms with Crippen LogP contribution in [0.15, 0.2) is 0 Å². The highest BCUT2D eigenvalue weighted by Crippen LogP contribution is 2.35. The van der Waals surface area contributed by atoms with Crippen molar-refractivity contribution in [2.45, 2.75) is 147 Å². The molecule has 0 spiro atoms. The van der Waals surface area contributed by atoms with Gasteiger partial charge in [0.1, 0.15) is 116 Å². The van der Waals surface area contributed by atoms with Crippen molar-refractivity contribution >= 4 is 5.97 Å². The Labute approximate surface area is 321 Å². The molecule has 0 aromatic carbocycles. The topological polar surface area (TPSA) is 455 Å². The van der Waals surface area contributed by atoms with Gasteiger partial charge in [-0.15, -0.1) is 0 Å². The van der Waals surface area contributed by atoms with E-state index in [0.29, 0.717) is 0 Å². The molecule has 4 rings (SSSR count). The summed E-state index contributed by atoms with van der Waals surface area (Å²) in [6.07, 6.45) is -47.4. The quantitative estimate of drug-likeness (QED) is 0.0646. The predicted octanol–water partition coefficient (Wildman–Crippen LogP) is -12.2.